The van der Waals surface area contributed by atoms with Crippen molar-refractivity contribution in [3.05, 3.63) is 28.2 Å². The Morgan fingerprint density at radius 2 is 2.05 bits per heavy atom. The quantitative estimate of drug-likeness (QED) is 0.841. The van der Waals surface area contributed by atoms with E-state index >= 15 is 0 Å². The van der Waals surface area contributed by atoms with Gasteiger partial charge in [-0.15, -0.1) is 0 Å². The lowest BCUT2D eigenvalue weighted by Gasteiger charge is -2.42. The molecule has 3 rings (SSSR count). The summed E-state index contributed by atoms with van der Waals surface area (Å²) in [5, 5.41) is 3.58. The highest BCUT2D eigenvalue weighted by Crippen LogP contribution is 2.36. The number of hydrogen-bond donors (Lipinski definition) is 1. The Kier molecular flexibility index (Phi) is 4.00. The monoisotopic (exact) mass is 344 g/mol. The third-order valence-electron chi connectivity index (χ3n) is 4.41. The second-order valence-electron chi connectivity index (χ2n) is 5.78. The Balaban J connectivity index is 1.89. The molecular weight excluding hydrogens is 326 g/mol. The van der Waals surface area contributed by atoms with E-state index in [0.29, 0.717) is 16.2 Å². The molecule has 20 heavy (non-hydrogen) atoms. The van der Waals surface area contributed by atoms with Crippen LogP contribution in [0.1, 0.15) is 26.2 Å². The van der Waals surface area contributed by atoms with Gasteiger partial charge >= 0.3 is 0 Å². The van der Waals surface area contributed by atoms with Gasteiger partial charge in [0.05, 0.1) is 10.2 Å². The smallest absolute Gasteiger partial charge is 0.149 e. The molecule has 1 N–H and O–H groups in total. The molecule has 1 aromatic carbocycles. The van der Waals surface area contributed by atoms with E-state index in [4.69, 9.17) is 0 Å². The van der Waals surface area contributed by atoms with Crippen LogP contribution in [-0.2, 0) is 0 Å². The standard InChI is InChI=1S/C15H19BrF2N2/c1-2-10-7-19-14(9-3-4-9)8-20(10)15-5-11(16)12(17)6-13(15)18/h5-6,9-10,14,19H,2-4,7-8H2,1H3. The van der Waals surface area contributed by atoms with Crippen molar-refractivity contribution in [2.24, 2.45) is 5.92 Å². The topological polar surface area (TPSA) is 15.3 Å². The zero-order valence-electron chi connectivity index (χ0n) is 11.5. The number of benzene rings is 1. The molecule has 2 fully saturated rings. The van der Waals surface area contributed by atoms with Gasteiger partial charge in [0.2, 0.25) is 0 Å². The zero-order chi connectivity index (χ0) is 14.3. The maximum atomic E-state index is 14.1. The van der Waals surface area contributed by atoms with Gasteiger partial charge in [-0.1, -0.05) is 6.92 Å². The first-order valence-corrected chi connectivity index (χ1v) is 8.04. The molecule has 1 saturated heterocycles. The van der Waals surface area contributed by atoms with Crippen LogP contribution in [0.5, 0.6) is 0 Å². The SMILES string of the molecule is CCC1CNC(C2CC2)CN1c1cc(Br)c(F)cc1F. The number of rotatable bonds is 3. The third-order valence-corrected chi connectivity index (χ3v) is 5.02. The summed E-state index contributed by atoms with van der Waals surface area (Å²) in [6.45, 7) is 3.78. The Morgan fingerprint density at radius 3 is 2.70 bits per heavy atom. The molecule has 0 radical (unpaired) electrons. The number of nitrogens with zero attached hydrogens (tertiary/aromatic N) is 1. The maximum Gasteiger partial charge on any atom is 0.149 e. The van der Waals surface area contributed by atoms with Crippen LogP contribution >= 0.6 is 15.9 Å². The number of nitrogens with one attached hydrogen (secondary N) is 1. The molecule has 110 valence electrons. The molecule has 5 heteroatoms. The highest BCUT2D eigenvalue weighted by Gasteiger charge is 2.37. The first-order chi connectivity index (χ1) is 9.60. The van der Waals surface area contributed by atoms with Crippen molar-refractivity contribution in [1.29, 1.82) is 0 Å². The first-order valence-electron chi connectivity index (χ1n) is 7.24. The van der Waals surface area contributed by atoms with Gasteiger partial charge in [0.1, 0.15) is 11.6 Å². The lowest BCUT2D eigenvalue weighted by Crippen LogP contribution is -2.57. The van der Waals surface area contributed by atoms with Crippen LogP contribution in [0.15, 0.2) is 16.6 Å². The van der Waals surface area contributed by atoms with Crippen LogP contribution in [0.25, 0.3) is 0 Å². The van der Waals surface area contributed by atoms with Crippen LogP contribution in [0.4, 0.5) is 14.5 Å². The summed E-state index contributed by atoms with van der Waals surface area (Å²) in [5.41, 5.74) is 0.511. The van der Waals surface area contributed by atoms with Crippen molar-refractivity contribution >= 4 is 21.6 Å². The molecule has 1 aromatic rings. The van der Waals surface area contributed by atoms with E-state index in [1.165, 1.54) is 12.8 Å². The van der Waals surface area contributed by atoms with Crippen molar-refractivity contribution in [2.75, 3.05) is 18.0 Å². The predicted molar refractivity (Wildman–Crippen MR) is 80.0 cm³/mol. The van der Waals surface area contributed by atoms with Gasteiger partial charge in [0.15, 0.2) is 0 Å². The summed E-state index contributed by atoms with van der Waals surface area (Å²) < 4.78 is 27.9. The maximum absolute atomic E-state index is 14.1. The summed E-state index contributed by atoms with van der Waals surface area (Å²) in [6.07, 6.45) is 3.47. The van der Waals surface area contributed by atoms with Crippen molar-refractivity contribution in [3.63, 3.8) is 0 Å². The van der Waals surface area contributed by atoms with E-state index < -0.39 is 11.6 Å². The van der Waals surface area contributed by atoms with Crippen molar-refractivity contribution in [3.8, 4) is 0 Å². The van der Waals surface area contributed by atoms with E-state index in [1.54, 1.807) is 6.07 Å². The fraction of sp³-hybridized carbons (Fsp3) is 0.600. The second-order valence-corrected chi connectivity index (χ2v) is 6.64. The largest absolute Gasteiger partial charge is 0.363 e. The Labute approximate surface area is 126 Å². The Hall–Kier alpha value is -0.680. The van der Waals surface area contributed by atoms with E-state index in [2.05, 4.69) is 33.1 Å². The Bertz CT molecular complexity index is 505. The summed E-state index contributed by atoms with van der Waals surface area (Å²) in [6, 6.07) is 3.24. The number of hydrogen-bond acceptors (Lipinski definition) is 2. The molecule has 2 nitrogen and oxygen atoms in total. The molecule has 2 aliphatic rings. The van der Waals surface area contributed by atoms with Gasteiger partial charge < -0.3 is 10.2 Å². The fourth-order valence-electron chi connectivity index (χ4n) is 3.03. The number of anilines is 1. The zero-order valence-corrected chi connectivity index (χ0v) is 13.1. The molecule has 0 aromatic heterocycles. The van der Waals surface area contributed by atoms with Crippen LogP contribution in [0.3, 0.4) is 0 Å². The van der Waals surface area contributed by atoms with Gasteiger partial charge in [-0.2, -0.15) is 0 Å². The van der Waals surface area contributed by atoms with Crippen molar-refractivity contribution in [2.45, 2.75) is 38.3 Å². The highest BCUT2D eigenvalue weighted by molar-refractivity contribution is 9.10. The minimum Gasteiger partial charge on any atom is -0.363 e. The van der Waals surface area contributed by atoms with E-state index in [0.717, 1.165) is 31.5 Å². The molecule has 0 spiro atoms. The summed E-state index contributed by atoms with van der Waals surface area (Å²) in [7, 11) is 0. The molecule has 0 bridgehead atoms. The minimum absolute atomic E-state index is 0.261. The summed E-state index contributed by atoms with van der Waals surface area (Å²) >= 11 is 3.16. The number of halogens is 3. The molecule has 2 atom stereocenters. The normalized spacial score (nSPS) is 26.9. The van der Waals surface area contributed by atoms with Crippen LogP contribution in [-0.4, -0.2) is 25.2 Å². The predicted octanol–water partition coefficient (Wildman–Crippen LogP) is 3.69. The van der Waals surface area contributed by atoms with Crippen LogP contribution in [0, 0.1) is 17.6 Å². The van der Waals surface area contributed by atoms with Gasteiger partial charge in [-0.3, -0.25) is 0 Å². The third kappa shape index (κ3) is 2.70. The first kappa shape index (κ1) is 14.3. The van der Waals surface area contributed by atoms with E-state index in [1.807, 2.05) is 0 Å². The van der Waals surface area contributed by atoms with Crippen molar-refractivity contribution < 1.29 is 8.78 Å². The summed E-state index contributed by atoms with van der Waals surface area (Å²) in [4.78, 5) is 2.11. The highest BCUT2D eigenvalue weighted by atomic mass is 79.9. The van der Waals surface area contributed by atoms with Gasteiger partial charge in [0, 0.05) is 31.2 Å². The molecule has 1 aliphatic carbocycles. The minimum atomic E-state index is -0.548. The second kappa shape index (κ2) is 5.60. The molecule has 1 heterocycles. The lowest BCUT2D eigenvalue weighted by atomic mass is 10.0. The Morgan fingerprint density at radius 1 is 1.30 bits per heavy atom. The van der Waals surface area contributed by atoms with Crippen LogP contribution < -0.4 is 10.2 Å². The number of piperazine rings is 1. The molecule has 0 amide bonds. The molecular formula is C15H19BrF2N2. The van der Waals surface area contributed by atoms with Gasteiger partial charge in [0.25, 0.3) is 0 Å². The molecule has 1 aliphatic heterocycles. The molecule has 2 unspecified atom stereocenters. The lowest BCUT2D eigenvalue weighted by molar-refractivity contribution is 0.356. The van der Waals surface area contributed by atoms with Crippen molar-refractivity contribution in [1.82, 2.24) is 5.32 Å². The van der Waals surface area contributed by atoms with Gasteiger partial charge in [-0.25, -0.2) is 8.78 Å². The van der Waals surface area contributed by atoms with Gasteiger partial charge in [-0.05, 0) is 47.2 Å². The van der Waals surface area contributed by atoms with E-state index in [9.17, 15) is 8.78 Å². The average Bonchev–Trinajstić information content (AvgIpc) is 3.27. The average molecular weight is 345 g/mol. The fourth-order valence-corrected chi connectivity index (χ4v) is 3.36. The van der Waals surface area contributed by atoms with E-state index in [-0.39, 0.29) is 6.04 Å². The summed E-state index contributed by atoms with van der Waals surface area (Å²) in [5.74, 6) is -0.295. The molecule has 1 saturated carbocycles. The van der Waals surface area contributed by atoms with Crippen LogP contribution in [0.2, 0.25) is 0 Å².